The van der Waals surface area contributed by atoms with Gasteiger partial charge in [0.1, 0.15) is 23.3 Å². The van der Waals surface area contributed by atoms with Gasteiger partial charge in [-0.05, 0) is 103 Å². The first-order valence-corrected chi connectivity index (χ1v) is 14.2. The first-order valence-electron chi connectivity index (χ1n) is 11.4. The van der Waals surface area contributed by atoms with Gasteiger partial charge in [0.05, 0.1) is 0 Å². The molecule has 180 valence electrons. The fraction of sp³-hybridized carbons (Fsp3) is 0.172. The highest BCUT2D eigenvalue weighted by molar-refractivity contribution is 7.74. The van der Waals surface area contributed by atoms with Gasteiger partial charge in [-0.15, -0.1) is 0 Å². The summed E-state index contributed by atoms with van der Waals surface area (Å²) >= 11 is 0. The van der Waals surface area contributed by atoms with Crippen LogP contribution in [0.4, 0.5) is 17.6 Å². The molecule has 4 rings (SSSR count). The van der Waals surface area contributed by atoms with Crippen LogP contribution >= 0.6 is 15.8 Å². The van der Waals surface area contributed by atoms with E-state index in [0.717, 1.165) is 27.6 Å². The highest BCUT2D eigenvalue weighted by Gasteiger charge is 2.28. The molecule has 4 aromatic rings. The lowest BCUT2D eigenvalue weighted by atomic mass is 10.2. The summed E-state index contributed by atoms with van der Waals surface area (Å²) in [5.74, 6) is -1.17. The van der Waals surface area contributed by atoms with Crippen molar-refractivity contribution in [3.8, 4) is 0 Å². The molecule has 0 saturated carbocycles. The van der Waals surface area contributed by atoms with Gasteiger partial charge >= 0.3 is 0 Å². The third-order valence-electron chi connectivity index (χ3n) is 5.98. The van der Waals surface area contributed by atoms with Crippen molar-refractivity contribution in [1.29, 1.82) is 0 Å². The predicted octanol–water partition coefficient (Wildman–Crippen LogP) is 6.98. The van der Waals surface area contributed by atoms with Crippen LogP contribution in [0.5, 0.6) is 0 Å². The van der Waals surface area contributed by atoms with Gasteiger partial charge < -0.3 is 0 Å². The van der Waals surface area contributed by atoms with Gasteiger partial charge in [0.2, 0.25) is 0 Å². The zero-order valence-electron chi connectivity index (χ0n) is 19.5. The Bertz CT molecular complexity index is 1030. The van der Waals surface area contributed by atoms with Crippen molar-refractivity contribution in [1.82, 2.24) is 0 Å². The van der Waals surface area contributed by atoms with Crippen molar-refractivity contribution in [3.05, 3.63) is 120 Å². The van der Waals surface area contributed by atoms with Gasteiger partial charge in [0.15, 0.2) is 0 Å². The molecule has 0 amide bonds. The molecule has 0 saturated heterocycles. The normalized spacial score (nSPS) is 13.3. The van der Waals surface area contributed by atoms with Crippen LogP contribution in [0.15, 0.2) is 97.1 Å². The molecule has 0 aromatic heterocycles. The Kier molecular flexibility index (Phi) is 8.37. The van der Waals surface area contributed by atoms with E-state index in [9.17, 15) is 17.6 Å². The fourth-order valence-electron chi connectivity index (χ4n) is 4.43. The Morgan fingerprint density at radius 3 is 0.829 bits per heavy atom. The van der Waals surface area contributed by atoms with Crippen molar-refractivity contribution >= 4 is 37.1 Å². The van der Waals surface area contributed by atoms with Crippen LogP contribution in [0, 0.1) is 23.3 Å². The molecule has 0 bridgehead atoms. The quantitative estimate of drug-likeness (QED) is 0.177. The first kappa shape index (κ1) is 25.5. The molecular weight excluding hydrogens is 486 g/mol. The number of benzene rings is 4. The van der Waals surface area contributed by atoms with Crippen molar-refractivity contribution in [3.63, 3.8) is 0 Å². The molecule has 2 atom stereocenters. The second-order valence-corrected chi connectivity index (χ2v) is 13.9. The van der Waals surface area contributed by atoms with E-state index in [1.165, 1.54) is 48.5 Å². The fourth-order valence-corrected chi connectivity index (χ4v) is 10.2. The van der Waals surface area contributed by atoms with Crippen molar-refractivity contribution < 1.29 is 17.6 Å². The van der Waals surface area contributed by atoms with Crippen LogP contribution in [0.1, 0.15) is 20.3 Å². The molecule has 0 fully saturated rings. The molecular formula is C29H26F4P2. The van der Waals surface area contributed by atoms with Crippen LogP contribution in [0.25, 0.3) is 0 Å². The molecule has 0 unspecified atom stereocenters. The van der Waals surface area contributed by atoms with E-state index in [2.05, 4.69) is 13.8 Å². The molecule has 35 heavy (non-hydrogen) atoms. The monoisotopic (exact) mass is 512 g/mol. The molecule has 0 spiro atoms. The summed E-state index contributed by atoms with van der Waals surface area (Å²) in [7, 11) is -1.77. The Balaban J connectivity index is 1.68. The molecule has 0 radical (unpaired) electrons. The zero-order valence-corrected chi connectivity index (χ0v) is 21.3. The maximum atomic E-state index is 13.7. The highest BCUT2D eigenvalue weighted by atomic mass is 31.1. The summed E-state index contributed by atoms with van der Waals surface area (Å²) in [5.41, 5.74) is 0.392. The average Bonchev–Trinajstić information content (AvgIpc) is 2.84. The third-order valence-corrected chi connectivity index (χ3v) is 11.6. The summed E-state index contributed by atoms with van der Waals surface area (Å²) < 4.78 is 54.6. The number of hydrogen-bond acceptors (Lipinski definition) is 0. The molecule has 0 N–H and O–H groups in total. The van der Waals surface area contributed by atoms with Gasteiger partial charge in [-0.2, -0.15) is 0 Å². The second kappa shape index (κ2) is 11.5. The SMILES string of the molecule is C[C@H](C[C@@H](C)P(c1ccc(F)cc1)c1ccc(F)cc1)P(c1ccc(F)cc1)c1ccc(F)cc1. The van der Waals surface area contributed by atoms with Crippen LogP contribution in [0.2, 0.25) is 0 Å². The topological polar surface area (TPSA) is 0 Å². The maximum absolute atomic E-state index is 13.7. The van der Waals surface area contributed by atoms with Crippen LogP contribution in [-0.4, -0.2) is 11.3 Å². The van der Waals surface area contributed by atoms with Crippen LogP contribution in [0.3, 0.4) is 0 Å². The highest BCUT2D eigenvalue weighted by Crippen LogP contribution is 2.48. The van der Waals surface area contributed by atoms with Crippen LogP contribution < -0.4 is 21.2 Å². The van der Waals surface area contributed by atoms with Gasteiger partial charge in [-0.1, -0.05) is 62.4 Å². The minimum absolute atomic E-state index is 0.196. The van der Waals surface area contributed by atoms with Gasteiger partial charge in [-0.3, -0.25) is 0 Å². The minimum atomic E-state index is -0.885. The van der Waals surface area contributed by atoms with Crippen molar-refractivity contribution in [2.75, 3.05) is 0 Å². The largest absolute Gasteiger partial charge is 0.207 e. The molecule has 6 heteroatoms. The summed E-state index contributed by atoms with van der Waals surface area (Å²) in [6, 6.07) is 26.2. The zero-order chi connectivity index (χ0) is 24.9. The van der Waals surface area contributed by atoms with Gasteiger partial charge in [0, 0.05) is 0 Å². The lowest BCUT2D eigenvalue weighted by Gasteiger charge is -2.32. The number of halogens is 4. The molecule has 0 aliphatic carbocycles. The summed E-state index contributed by atoms with van der Waals surface area (Å²) in [5, 5.41) is 4.11. The lowest BCUT2D eigenvalue weighted by molar-refractivity contribution is 0.627. The minimum Gasteiger partial charge on any atom is -0.207 e. The predicted molar refractivity (Wildman–Crippen MR) is 142 cm³/mol. The Labute approximate surface area is 206 Å². The van der Waals surface area contributed by atoms with Crippen LogP contribution in [-0.2, 0) is 0 Å². The third kappa shape index (κ3) is 6.37. The molecule has 0 heterocycles. The average molecular weight is 512 g/mol. The molecule has 4 aromatic carbocycles. The summed E-state index contributed by atoms with van der Waals surface area (Å²) in [6.45, 7) is 4.36. The number of hydrogen-bond donors (Lipinski definition) is 0. The Morgan fingerprint density at radius 2 is 0.629 bits per heavy atom. The van der Waals surface area contributed by atoms with E-state index in [1.54, 1.807) is 0 Å². The van der Waals surface area contributed by atoms with E-state index in [0.29, 0.717) is 0 Å². The van der Waals surface area contributed by atoms with Gasteiger partial charge in [-0.25, -0.2) is 17.6 Å². The first-order chi connectivity index (χ1) is 16.8. The van der Waals surface area contributed by atoms with Crippen molar-refractivity contribution in [2.45, 2.75) is 31.6 Å². The molecule has 0 aliphatic heterocycles. The van der Waals surface area contributed by atoms with Gasteiger partial charge in [0.25, 0.3) is 0 Å². The van der Waals surface area contributed by atoms with E-state index in [1.807, 2.05) is 48.5 Å². The van der Waals surface area contributed by atoms with E-state index < -0.39 is 15.8 Å². The Morgan fingerprint density at radius 1 is 0.429 bits per heavy atom. The maximum Gasteiger partial charge on any atom is 0.123 e. The van der Waals surface area contributed by atoms with E-state index >= 15 is 0 Å². The standard InChI is InChI=1S/C29H26F4P2/c1-20(34(26-11-3-22(30)4-12-26)27-13-5-23(31)6-14-27)19-21(2)35(28-15-7-24(32)8-16-28)29-17-9-25(33)10-18-29/h3-18,20-21H,19H2,1-2H3/t20-,21-/m1/s1. The summed E-state index contributed by atoms with van der Waals surface area (Å²) in [4.78, 5) is 0. The second-order valence-electron chi connectivity index (χ2n) is 8.58. The van der Waals surface area contributed by atoms with E-state index in [-0.39, 0.29) is 34.6 Å². The van der Waals surface area contributed by atoms with Crippen molar-refractivity contribution in [2.24, 2.45) is 0 Å². The number of rotatable bonds is 8. The lowest BCUT2D eigenvalue weighted by Crippen LogP contribution is -2.26. The Hall–Kier alpha value is -2.54. The molecule has 0 aliphatic rings. The summed E-state index contributed by atoms with van der Waals surface area (Å²) in [6.07, 6.45) is 0.834. The van der Waals surface area contributed by atoms with E-state index in [4.69, 9.17) is 0 Å². The smallest absolute Gasteiger partial charge is 0.123 e. The molecule has 0 nitrogen and oxygen atoms in total.